The summed E-state index contributed by atoms with van der Waals surface area (Å²) in [6, 6.07) is 3.68. The fraction of sp³-hybridized carbons (Fsp3) is 0.429. The number of likely N-dealkylation sites (tertiary alicyclic amines) is 1. The highest BCUT2D eigenvalue weighted by atomic mass is 16.5. The number of pyridine rings is 1. The molecule has 2 N–H and O–H groups in total. The molecule has 0 unspecified atom stereocenters. The summed E-state index contributed by atoms with van der Waals surface area (Å²) in [7, 11) is 0. The molecule has 6 heteroatoms. The number of nitrogens with zero attached hydrogens (tertiary/aromatic N) is 3. The number of imidazole rings is 1. The Balaban J connectivity index is 1.74. The Labute approximate surface area is 117 Å². The average Bonchev–Trinajstić information content (AvgIpc) is 3.13. The van der Waals surface area contributed by atoms with Crippen LogP contribution in [0.1, 0.15) is 18.5 Å². The van der Waals surface area contributed by atoms with E-state index in [9.17, 15) is 4.79 Å². The summed E-state index contributed by atoms with van der Waals surface area (Å²) in [5, 5.41) is 0. The molecular formula is C14H18N4O2. The lowest BCUT2D eigenvalue weighted by Crippen LogP contribution is -2.32. The van der Waals surface area contributed by atoms with Crippen LogP contribution in [0.15, 0.2) is 24.5 Å². The number of aromatic nitrogens is 2. The second kappa shape index (κ2) is 5.50. The zero-order valence-electron chi connectivity index (χ0n) is 11.3. The summed E-state index contributed by atoms with van der Waals surface area (Å²) in [5.41, 5.74) is 7.26. The zero-order chi connectivity index (χ0) is 13.9. The number of carbonyl (C=O) groups is 1. The van der Waals surface area contributed by atoms with Crippen LogP contribution in [-0.4, -0.2) is 39.9 Å². The summed E-state index contributed by atoms with van der Waals surface area (Å²) in [4.78, 5) is 18.1. The highest BCUT2D eigenvalue weighted by Crippen LogP contribution is 2.19. The topological polar surface area (TPSA) is 72.9 Å². The van der Waals surface area contributed by atoms with Crippen molar-refractivity contribution in [3.8, 4) is 5.75 Å². The van der Waals surface area contributed by atoms with Gasteiger partial charge < -0.3 is 15.4 Å². The maximum absolute atomic E-state index is 12.0. The quantitative estimate of drug-likeness (QED) is 0.895. The van der Waals surface area contributed by atoms with Crippen LogP contribution in [0.5, 0.6) is 5.75 Å². The highest BCUT2D eigenvalue weighted by Gasteiger charge is 2.18. The minimum absolute atomic E-state index is 0.0371. The molecule has 1 amide bonds. The Kier molecular flexibility index (Phi) is 3.56. The van der Waals surface area contributed by atoms with Gasteiger partial charge in [0.1, 0.15) is 0 Å². The van der Waals surface area contributed by atoms with Gasteiger partial charge in [0.25, 0.3) is 5.91 Å². The van der Waals surface area contributed by atoms with E-state index in [1.54, 1.807) is 6.20 Å². The van der Waals surface area contributed by atoms with Crippen molar-refractivity contribution in [1.29, 1.82) is 0 Å². The highest BCUT2D eigenvalue weighted by molar-refractivity contribution is 5.78. The Hall–Kier alpha value is -2.08. The van der Waals surface area contributed by atoms with Crippen LogP contribution in [0.4, 0.5) is 0 Å². The van der Waals surface area contributed by atoms with Crippen LogP contribution < -0.4 is 10.5 Å². The van der Waals surface area contributed by atoms with Gasteiger partial charge in [-0.2, -0.15) is 0 Å². The summed E-state index contributed by atoms with van der Waals surface area (Å²) in [6.45, 7) is 2.15. The monoisotopic (exact) mass is 274 g/mol. The van der Waals surface area contributed by atoms with Crippen molar-refractivity contribution in [1.82, 2.24) is 14.3 Å². The minimum Gasteiger partial charge on any atom is -0.480 e. The summed E-state index contributed by atoms with van der Waals surface area (Å²) >= 11 is 0. The van der Waals surface area contributed by atoms with Crippen LogP contribution in [0.25, 0.3) is 5.65 Å². The molecule has 1 fully saturated rings. The second-order valence-corrected chi connectivity index (χ2v) is 4.90. The number of nitrogens with two attached hydrogens (primary N) is 1. The smallest absolute Gasteiger partial charge is 0.260 e. The Morgan fingerprint density at radius 1 is 1.40 bits per heavy atom. The third kappa shape index (κ3) is 2.34. The molecule has 2 aromatic heterocycles. The van der Waals surface area contributed by atoms with E-state index in [1.807, 2.05) is 27.6 Å². The lowest BCUT2D eigenvalue weighted by molar-refractivity contribution is -0.132. The molecule has 0 aromatic carbocycles. The standard InChI is InChI=1S/C14H18N4O2/c15-8-11-9-16-14-12(4-3-7-18(11)14)20-10-13(19)17-5-1-2-6-17/h3-4,7,9H,1-2,5-6,8,10,15H2. The van der Waals surface area contributed by atoms with Crippen LogP contribution in [0.2, 0.25) is 0 Å². The van der Waals surface area contributed by atoms with Crippen molar-refractivity contribution >= 4 is 11.6 Å². The predicted molar refractivity (Wildman–Crippen MR) is 74.4 cm³/mol. The molecular weight excluding hydrogens is 256 g/mol. The van der Waals surface area contributed by atoms with E-state index in [-0.39, 0.29) is 12.5 Å². The molecule has 20 heavy (non-hydrogen) atoms. The first-order chi connectivity index (χ1) is 9.79. The van der Waals surface area contributed by atoms with E-state index < -0.39 is 0 Å². The summed E-state index contributed by atoms with van der Waals surface area (Å²) in [6.07, 6.45) is 5.78. The Morgan fingerprint density at radius 3 is 2.95 bits per heavy atom. The van der Waals surface area contributed by atoms with Crippen molar-refractivity contribution in [2.24, 2.45) is 5.73 Å². The summed E-state index contributed by atoms with van der Waals surface area (Å²) in [5.74, 6) is 0.648. The Bertz CT molecular complexity index is 617. The first-order valence-electron chi connectivity index (χ1n) is 6.85. The van der Waals surface area contributed by atoms with E-state index in [0.717, 1.165) is 31.6 Å². The molecule has 0 radical (unpaired) electrons. The van der Waals surface area contributed by atoms with Gasteiger partial charge in [-0.05, 0) is 25.0 Å². The molecule has 0 bridgehead atoms. The molecule has 6 nitrogen and oxygen atoms in total. The van der Waals surface area contributed by atoms with E-state index in [2.05, 4.69) is 4.98 Å². The molecule has 0 aliphatic carbocycles. The third-order valence-electron chi connectivity index (χ3n) is 3.60. The van der Waals surface area contributed by atoms with Crippen molar-refractivity contribution in [2.75, 3.05) is 19.7 Å². The van der Waals surface area contributed by atoms with Gasteiger partial charge >= 0.3 is 0 Å². The number of hydrogen-bond donors (Lipinski definition) is 1. The number of ether oxygens (including phenoxy) is 1. The van der Waals surface area contributed by atoms with Crippen LogP contribution in [0.3, 0.4) is 0 Å². The SMILES string of the molecule is NCc1cnc2c(OCC(=O)N3CCCC3)cccn12. The lowest BCUT2D eigenvalue weighted by Gasteiger charge is -2.15. The molecule has 0 atom stereocenters. The first kappa shape index (κ1) is 12.9. The summed E-state index contributed by atoms with van der Waals surface area (Å²) < 4.78 is 7.52. The first-order valence-corrected chi connectivity index (χ1v) is 6.85. The normalized spacial score (nSPS) is 14.9. The number of amides is 1. The van der Waals surface area contributed by atoms with Gasteiger partial charge in [0.2, 0.25) is 0 Å². The number of fused-ring (bicyclic) bond motifs is 1. The van der Waals surface area contributed by atoms with E-state index in [1.165, 1.54) is 0 Å². The molecule has 106 valence electrons. The molecule has 0 saturated carbocycles. The van der Waals surface area contributed by atoms with Crippen molar-refractivity contribution in [3.63, 3.8) is 0 Å². The van der Waals surface area contributed by atoms with Crippen LogP contribution in [0, 0.1) is 0 Å². The molecule has 3 heterocycles. The van der Waals surface area contributed by atoms with Crippen molar-refractivity contribution < 1.29 is 9.53 Å². The number of carbonyl (C=O) groups excluding carboxylic acids is 1. The number of rotatable bonds is 4. The number of hydrogen-bond acceptors (Lipinski definition) is 4. The van der Waals surface area contributed by atoms with Crippen molar-refractivity contribution in [2.45, 2.75) is 19.4 Å². The fourth-order valence-electron chi connectivity index (χ4n) is 2.50. The van der Waals surface area contributed by atoms with Gasteiger partial charge in [-0.15, -0.1) is 0 Å². The van der Waals surface area contributed by atoms with Crippen molar-refractivity contribution in [3.05, 3.63) is 30.2 Å². The maximum Gasteiger partial charge on any atom is 0.260 e. The fourth-order valence-corrected chi connectivity index (χ4v) is 2.50. The third-order valence-corrected chi connectivity index (χ3v) is 3.60. The molecule has 1 aliphatic rings. The van der Waals surface area contributed by atoms with E-state index in [4.69, 9.17) is 10.5 Å². The largest absolute Gasteiger partial charge is 0.480 e. The molecule has 0 spiro atoms. The van der Waals surface area contributed by atoms with Gasteiger partial charge in [-0.3, -0.25) is 9.20 Å². The molecule has 1 aliphatic heterocycles. The lowest BCUT2D eigenvalue weighted by atomic mass is 10.4. The van der Waals surface area contributed by atoms with Gasteiger partial charge in [0.05, 0.1) is 11.9 Å². The predicted octanol–water partition coefficient (Wildman–Crippen LogP) is 0.794. The van der Waals surface area contributed by atoms with Gasteiger partial charge in [0.15, 0.2) is 18.0 Å². The van der Waals surface area contributed by atoms with Crippen LogP contribution >= 0.6 is 0 Å². The molecule has 3 rings (SSSR count). The zero-order valence-corrected chi connectivity index (χ0v) is 11.3. The molecule has 1 saturated heterocycles. The second-order valence-electron chi connectivity index (χ2n) is 4.90. The van der Waals surface area contributed by atoms with Gasteiger partial charge in [-0.1, -0.05) is 0 Å². The maximum atomic E-state index is 12.0. The van der Waals surface area contributed by atoms with Gasteiger partial charge in [0, 0.05) is 25.8 Å². The van der Waals surface area contributed by atoms with Crippen LogP contribution in [-0.2, 0) is 11.3 Å². The van der Waals surface area contributed by atoms with E-state index >= 15 is 0 Å². The minimum atomic E-state index is 0.0371. The van der Waals surface area contributed by atoms with Gasteiger partial charge in [-0.25, -0.2) is 4.98 Å². The van der Waals surface area contributed by atoms with E-state index in [0.29, 0.717) is 17.9 Å². The molecule has 2 aromatic rings. The average molecular weight is 274 g/mol. The Morgan fingerprint density at radius 2 is 2.20 bits per heavy atom.